The maximum atomic E-state index is 12.5. The largest absolute Gasteiger partial charge is 0.323 e. The summed E-state index contributed by atoms with van der Waals surface area (Å²) in [5.74, 6) is -0.765. The molecule has 0 unspecified atom stereocenters. The van der Waals surface area contributed by atoms with Crippen molar-refractivity contribution in [3.8, 4) is 0 Å². The number of aromatic nitrogens is 1. The SMILES string of the molecule is CNC(C)(C)C(=O)Nc1ccc(F)nc1. The predicted octanol–water partition coefficient (Wildman–Crippen LogP) is 1.16. The number of hydrogen-bond donors (Lipinski definition) is 2. The Kier molecular flexibility index (Phi) is 3.36. The van der Waals surface area contributed by atoms with Crippen molar-refractivity contribution < 1.29 is 9.18 Å². The molecule has 1 amide bonds. The Morgan fingerprint density at radius 2 is 2.13 bits per heavy atom. The molecule has 0 radical (unpaired) electrons. The van der Waals surface area contributed by atoms with Gasteiger partial charge in [0.05, 0.1) is 17.4 Å². The van der Waals surface area contributed by atoms with E-state index in [1.54, 1.807) is 20.9 Å². The van der Waals surface area contributed by atoms with Gasteiger partial charge in [0.1, 0.15) is 0 Å². The summed E-state index contributed by atoms with van der Waals surface area (Å²) in [7, 11) is 1.70. The van der Waals surface area contributed by atoms with E-state index in [1.165, 1.54) is 18.3 Å². The highest BCUT2D eigenvalue weighted by molar-refractivity contribution is 5.97. The molecule has 0 aliphatic rings. The lowest BCUT2D eigenvalue weighted by Crippen LogP contribution is -2.47. The van der Waals surface area contributed by atoms with Gasteiger partial charge in [-0.15, -0.1) is 0 Å². The van der Waals surface area contributed by atoms with Crippen LogP contribution in [0.3, 0.4) is 0 Å². The lowest BCUT2D eigenvalue weighted by atomic mass is 10.1. The molecule has 0 spiro atoms. The molecule has 82 valence electrons. The van der Waals surface area contributed by atoms with Gasteiger partial charge in [-0.1, -0.05) is 0 Å². The maximum absolute atomic E-state index is 12.5. The highest BCUT2D eigenvalue weighted by Crippen LogP contribution is 2.09. The highest BCUT2D eigenvalue weighted by Gasteiger charge is 2.24. The summed E-state index contributed by atoms with van der Waals surface area (Å²) in [6, 6.07) is 2.66. The summed E-state index contributed by atoms with van der Waals surface area (Å²) in [4.78, 5) is 15.1. The van der Waals surface area contributed by atoms with Crippen molar-refractivity contribution in [1.82, 2.24) is 10.3 Å². The first-order valence-electron chi connectivity index (χ1n) is 4.57. The van der Waals surface area contributed by atoms with Crippen LogP contribution in [-0.4, -0.2) is 23.5 Å². The molecule has 0 bridgehead atoms. The van der Waals surface area contributed by atoms with Crippen LogP contribution < -0.4 is 10.6 Å². The van der Waals surface area contributed by atoms with E-state index in [0.29, 0.717) is 5.69 Å². The van der Waals surface area contributed by atoms with Crippen molar-refractivity contribution in [3.05, 3.63) is 24.3 Å². The first-order chi connectivity index (χ1) is 6.95. The van der Waals surface area contributed by atoms with Gasteiger partial charge in [0.2, 0.25) is 11.9 Å². The number of halogens is 1. The quantitative estimate of drug-likeness (QED) is 0.737. The normalized spacial score (nSPS) is 11.2. The molecule has 1 aromatic heterocycles. The van der Waals surface area contributed by atoms with Gasteiger partial charge >= 0.3 is 0 Å². The Morgan fingerprint density at radius 1 is 1.47 bits per heavy atom. The number of nitrogens with one attached hydrogen (secondary N) is 2. The summed E-state index contributed by atoms with van der Waals surface area (Å²) >= 11 is 0. The summed E-state index contributed by atoms with van der Waals surface area (Å²) in [5.41, 5.74) is -0.196. The third-order valence-corrected chi connectivity index (χ3v) is 2.18. The zero-order valence-electron chi connectivity index (χ0n) is 8.97. The summed E-state index contributed by atoms with van der Waals surface area (Å²) < 4.78 is 12.5. The van der Waals surface area contributed by atoms with Crippen molar-refractivity contribution in [1.29, 1.82) is 0 Å². The molecule has 15 heavy (non-hydrogen) atoms. The van der Waals surface area contributed by atoms with Gasteiger partial charge in [-0.2, -0.15) is 4.39 Å². The molecule has 0 aliphatic carbocycles. The number of likely N-dealkylation sites (N-methyl/N-ethyl adjacent to an activating group) is 1. The molecule has 1 aromatic rings. The van der Waals surface area contributed by atoms with Gasteiger partial charge in [-0.25, -0.2) is 4.98 Å². The van der Waals surface area contributed by atoms with E-state index in [4.69, 9.17) is 0 Å². The number of rotatable bonds is 3. The number of amides is 1. The molecular weight excluding hydrogens is 197 g/mol. The molecule has 0 saturated heterocycles. The number of pyridine rings is 1. The Bertz CT molecular complexity index is 348. The summed E-state index contributed by atoms with van der Waals surface area (Å²) in [6.07, 6.45) is 1.28. The second-order valence-corrected chi connectivity index (χ2v) is 3.70. The lowest BCUT2D eigenvalue weighted by molar-refractivity contribution is -0.121. The van der Waals surface area contributed by atoms with E-state index in [9.17, 15) is 9.18 Å². The Balaban J connectivity index is 2.71. The van der Waals surface area contributed by atoms with Crippen LogP contribution in [0.4, 0.5) is 10.1 Å². The van der Waals surface area contributed by atoms with Crippen molar-refractivity contribution in [2.75, 3.05) is 12.4 Å². The Hall–Kier alpha value is -1.49. The third-order valence-electron chi connectivity index (χ3n) is 2.18. The predicted molar refractivity (Wildman–Crippen MR) is 56.0 cm³/mol. The summed E-state index contributed by atoms with van der Waals surface area (Å²) in [5, 5.41) is 5.50. The van der Waals surface area contributed by atoms with Crippen LogP contribution in [-0.2, 0) is 4.79 Å². The van der Waals surface area contributed by atoms with E-state index in [1.807, 2.05) is 0 Å². The molecule has 0 aliphatic heterocycles. The van der Waals surface area contributed by atoms with Crippen molar-refractivity contribution >= 4 is 11.6 Å². The van der Waals surface area contributed by atoms with Gasteiger partial charge in [0.15, 0.2) is 0 Å². The van der Waals surface area contributed by atoms with Crippen molar-refractivity contribution in [2.24, 2.45) is 0 Å². The van der Waals surface area contributed by atoms with Gasteiger partial charge in [0.25, 0.3) is 0 Å². The fraction of sp³-hybridized carbons (Fsp3) is 0.400. The second-order valence-electron chi connectivity index (χ2n) is 3.70. The third kappa shape index (κ3) is 2.99. The topological polar surface area (TPSA) is 54.0 Å². The Morgan fingerprint density at radius 3 is 2.60 bits per heavy atom. The van der Waals surface area contributed by atoms with Gasteiger partial charge in [0, 0.05) is 0 Å². The van der Waals surface area contributed by atoms with Crippen LogP contribution in [0.1, 0.15) is 13.8 Å². The minimum Gasteiger partial charge on any atom is -0.323 e. The van der Waals surface area contributed by atoms with E-state index >= 15 is 0 Å². The van der Waals surface area contributed by atoms with Crippen LogP contribution >= 0.6 is 0 Å². The first kappa shape index (κ1) is 11.6. The molecule has 0 aromatic carbocycles. The zero-order chi connectivity index (χ0) is 11.5. The molecule has 0 saturated carbocycles. The van der Waals surface area contributed by atoms with Gasteiger partial charge in [-0.05, 0) is 33.0 Å². The second kappa shape index (κ2) is 4.35. The number of hydrogen-bond acceptors (Lipinski definition) is 3. The molecule has 2 N–H and O–H groups in total. The lowest BCUT2D eigenvalue weighted by Gasteiger charge is -2.22. The molecule has 5 heteroatoms. The minimum atomic E-state index is -0.672. The van der Waals surface area contributed by atoms with Crippen LogP contribution in [0.2, 0.25) is 0 Å². The minimum absolute atomic E-state index is 0.196. The van der Waals surface area contributed by atoms with Crippen LogP contribution in [0, 0.1) is 5.95 Å². The number of carbonyl (C=O) groups excluding carboxylic acids is 1. The Labute approximate surface area is 87.9 Å². The number of anilines is 1. The molecule has 0 atom stereocenters. The summed E-state index contributed by atoms with van der Waals surface area (Å²) in [6.45, 7) is 3.50. The standard InChI is InChI=1S/C10H14FN3O/c1-10(2,12-3)9(15)14-7-4-5-8(11)13-6-7/h4-6,12H,1-3H3,(H,14,15). The maximum Gasteiger partial charge on any atom is 0.244 e. The van der Waals surface area contributed by atoms with Crippen LogP contribution in [0.15, 0.2) is 18.3 Å². The average Bonchev–Trinajstić information content (AvgIpc) is 2.21. The molecular formula is C10H14FN3O. The van der Waals surface area contributed by atoms with E-state index < -0.39 is 11.5 Å². The fourth-order valence-electron chi connectivity index (χ4n) is 0.851. The van der Waals surface area contributed by atoms with E-state index in [-0.39, 0.29) is 5.91 Å². The van der Waals surface area contributed by atoms with Gasteiger partial charge in [-0.3, -0.25) is 4.79 Å². The van der Waals surface area contributed by atoms with Crippen molar-refractivity contribution in [2.45, 2.75) is 19.4 Å². The smallest absolute Gasteiger partial charge is 0.244 e. The van der Waals surface area contributed by atoms with E-state index in [2.05, 4.69) is 15.6 Å². The van der Waals surface area contributed by atoms with Gasteiger partial charge < -0.3 is 10.6 Å². The first-order valence-corrected chi connectivity index (χ1v) is 4.57. The monoisotopic (exact) mass is 211 g/mol. The van der Waals surface area contributed by atoms with E-state index in [0.717, 1.165) is 0 Å². The molecule has 0 fully saturated rings. The average molecular weight is 211 g/mol. The molecule has 1 rings (SSSR count). The van der Waals surface area contributed by atoms with Crippen molar-refractivity contribution in [3.63, 3.8) is 0 Å². The number of carbonyl (C=O) groups is 1. The fourth-order valence-corrected chi connectivity index (χ4v) is 0.851. The highest BCUT2D eigenvalue weighted by atomic mass is 19.1. The number of nitrogens with zero attached hydrogens (tertiary/aromatic N) is 1. The molecule has 4 nitrogen and oxygen atoms in total. The molecule has 1 heterocycles. The van der Waals surface area contributed by atoms with Crippen LogP contribution in [0.5, 0.6) is 0 Å². The zero-order valence-corrected chi connectivity index (χ0v) is 8.97. The van der Waals surface area contributed by atoms with Crippen LogP contribution in [0.25, 0.3) is 0 Å².